The van der Waals surface area contributed by atoms with E-state index in [1.807, 2.05) is 0 Å². The predicted molar refractivity (Wildman–Crippen MR) is 91.6 cm³/mol. The maximum Gasteiger partial charge on any atom is 0.451 e. The first-order valence-corrected chi connectivity index (χ1v) is 8.09. The topological polar surface area (TPSA) is 116 Å². The summed E-state index contributed by atoms with van der Waals surface area (Å²) >= 11 is 0. The van der Waals surface area contributed by atoms with E-state index in [1.54, 1.807) is 6.92 Å². The van der Waals surface area contributed by atoms with Crippen molar-refractivity contribution in [3.05, 3.63) is 0 Å². The van der Waals surface area contributed by atoms with Crippen LogP contribution in [0.15, 0.2) is 0 Å². The smallest absolute Gasteiger partial charge is 0.451 e. The second-order valence-electron chi connectivity index (χ2n) is 6.51. The van der Waals surface area contributed by atoms with Crippen LogP contribution in [0.4, 0.5) is 0 Å². The van der Waals surface area contributed by atoms with E-state index >= 15 is 0 Å². The summed E-state index contributed by atoms with van der Waals surface area (Å²) in [6.07, 6.45) is 4.58. The molecule has 1 aliphatic carbocycles. The molecule has 6 nitrogen and oxygen atoms in total. The number of nitrogens with two attached hydrogens (primary N) is 1. The fourth-order valence-electron chi connectivity index (χ4n) is 2.21. The van der Waals surface area contributed by atoms with E-state index in [-0.39, 0.29) is 11.5 Å². The molecule has 0 aromatic rings. The Hall–Kier alpha value is -0.625. The van der Waals surface area contributed by atoms with Crippen LogP contribution in [-0.4, -0.2) is 47.4 Å². The first kappa shape index (κ1) is 23.6. The van der Waals surface area contributed by atoms with Crippen molar-refractivity contribution in [3.63, 3.8) is 0 Å². The monoisotopic (exact) mass is 318 g/mol. The lowest BCUT2D eigenvalue weighted by atomic mass is 9.79. The van der Waals surface area contributed by atoms with Crippen LogP contribution < -0.4 is 11.1 Å². The average Bonchev–Trinajstić information content (AvgIpc) is 2.47. The van der Waals surface area contributed by atoms with Gasteiger partial charge in [0.05, 0.1) is 5.92 Å². The molecule has 6 N–H and O–H groups in total. The summed E-state index contributed by atoms with van der Waals surface area (Å²) in [7, 11) is 0.384. The zero-order valence-corrected chi connectivity index (χ0v) is 14.8. The summed E-state index contributed by atoms with van der Waals surface area (Å²) in [4.78, 5) is 11.1. The molecule has 0 unspecified atom stereocenters. The first-order valence-electron chi connectivity index (χ1n) is 8.09. The minimum absolute atomic E-state index is 0.0838. The van der Waals surface area contributed by atoms with Crippen LogP contribution in [0.25, 0.3) is 0 Å². The molecule has 0 heterocycles. The van der Waals surface area contributed by atoms with E-state index in [2.05, 4.69) is 31.8 Å². The molecular weight excluding hydrogens is 283 g/mol. The van der Waals surface area contributed by atoms with Crippen molar-refractivity contribution >= 4 is 13.1 Å². The first-order chi connectivity index (χ1) is 10.2. The van der Waals surface area contributed by atoms with Crippen molar-refractivity contribution in [2.24, 2.45) is 17.6 Å². The van der Waals surface area contributed by atoms with Crippen molar-refractivity contribution in [2.75, 3.05) is 13.6 Å². The Morgan fingerprint density at radius 3 is 2.05 bits per heavy atom. The molecule has 0 spiro atoms. The molecule has 0 aromatic heterocycles. The second kappa shape index (κ2) is 12.9. The molecule has 22 heavy (non-hydrogen) atoms. The van der Waals surface area contributed by atoms with Gasteiger partial charge < -0.3 is 26.2 Å². The molecular formula is C15H35BN2O4. The van der Waals surface area contributed by atoms with Crippen molar-refractivity contribution in [1.29, 1.82) is 0 Å². The number of hydrogen-bond donors (Lipinski definition) is 5. The van der Waals surface area contributed by atoms with Gasteiger partial charge in [-0.15, -0.1) is 0 Å². The van der Waals surface area contributed by atoms with Gasteiger partial charge in [-0.2, -0.15) is 0 Å². The second-order valence-corrected chi connectivity index (χ2v) is 6.51. The van der Waals surface area contributed by atoms with Crippen LogP contribution in [0.1, 0.15) is 53.4 Å². The number of rotatable bonds is 4. The maximum absolute atomic E-state index is 11.1. The Bertz CT molecular complexity index is 283. The summed E-state index contributed by atoms with van der Waals surface area (Å²) in [5, 5.41) is 28.4. The Morgan fingerprint density at radius 1 is 1.23 bits per heavy atom. The molecule has 0 saturated heterocycles. The summed E-state index contributed by atoms with van der Waals surface area (Å²) in [6, 6.07) is 0. The van der Waals surface area contributed by atoms with Gasteiger partial charge in [0, 0.05) is 5.54 Å². The summed E-state index contributed by atoms with van der Waals surface area (Å²) in [5.74, 6) is -0.431. The van der Waals surface area contributed by atoms with Gasteiger partial charge in [0.1, 0.15) is 0 Å². The van der Waals surface area contributed by atoms with Crippen molar-refractivity contribution in [2.45, 2.75) is 65.2 Å². The quantitative estimate of drug-likeness (QED) is 0.499. The molecule has 1 fully saturated rings. The molecule has 0 aromatic carbocycles. The van der Waals surface area contributed by atoms with Crippen LogP contribution in [0, 0.1) is 11.8 Å². The lowest BCUT2D eigenvalue weighted by Crippen LogP contribution is -2.42. The van der Waals surface area contributed by atoms with E-state index in [4.69, 9.17) is 15.2 Å². The third kappa shape index (κ3) is 13.1. The van der Waals surface area contributed by atoms with Gasteiger partial charge in [-0.25, -0.2) is 0 Å². The maximum atomic E-state index is 11.1. The van der Waals surface area contributed by atoms with Crippen LogP contribution in [0.3, 0.4) is 0 Å². The van der Waals surface area contributed by atoms with Gasteiger partial charge in [0.15, 0.2) is 0 Å². The molecule has 0 amide bonds. The normalized spacial score (nSPS) is 20.9. The van der Waals surface area contributed by atoms with E-state index in [1.165, 1.54) is 13.5 Å². The summed E-state index contributed by atoms with van der Waals surface area (Å²) in [5.41, 5.74) is 4.58. The lowest BCUT2D eigenvalue weighted by molar-refractivity contribution is -0.144. The van der Waals surface area contributed by atoms with E-state index in [0.717, 1.165) is 25.8 Å². The molecule has 1 saturated carbocycles. The largest absolute Gasteiger partial charge is 0.481 e. The van der Waals surface area contributed by atoms with Gasteiger partial charge >= 0.3 is 13.1 Å². The number of carboxylic acid groups (broad SMARTS) is 1. The Balaban J connectivity index is 0. The van der Waals surface area contributed by atoms with Crippen LogP contribution in [-0.2, 0) is 4.79 Å². The highest BCUT2D eigenvalue weighted by atomic mass is 16.4. The van der Waals surface area contributed by atoms with E-state index in [9.17, 15) is 4.79 Å². The third-order valence-electron chi connectivity index (χ3n) is 3.49. The molecule has 2 atom stereocenters. The highest BCUT2D eigenvalue weighted by Crippen LogP contribution is 2.30. The van der Waals surface area contributed by atoms with Gasteiger partial charge in [0.2, 0.25) is 0 Å². The zero-order chi connectivity index (χ0) is 17.8. The number of carbonyl (C=O) groups is 1. The lowest BCUT2D eigenvalue weighted by Gasteiger charge is -2.31. The minimum atomic E-state index is -1.12. The number of carboxylic acids is 1. The van der Waals surface area contributed by atoms with Gasteiger partial charge in [0.25, 0.3) is 0 Å². The van der Waals surface area contributed by atoms with Crippen LogP contribution in [0.5, 0.6) is 0 Å². The van der Waals surface area contributed by atoms with Gasteiger partial charge in [-0.3, -0.25) is 4.79 Å². The fourth-order valence-corrected chi connectivity index (χ4v) is 2.21. The van der Waals surface area contributed by atoms with E-state index < -0.39 is 13.1 Å². The third-order valence-corrected chi connectivity index (χ3v) is 3.49. The molecule has 0 radical (unpaired) electrons. The Labute approximate surface area is 135 Å². The molecule has 0 bridgehead atoms. The molecule has 1 aliphatic rings. The zero-order valence-electron chi connectivity index (χ0n) is 14.8. The van der Waals surface area contributed by atoms with E-state index in [0.29, 0.717) is 12.2 Å². The van der Waals surface area contributed by atoms with Gasteiger partial charge in [-0.1, -0.05) is 19.8 Å². The van der Waals surface area contributed by atoms with Crippen LogP contribution >= 0.6 is 0 Å². The Morgan fingerprint density at radius 2 is 1.68 bits per heavy atom. The summed E-state index contributed by atoms with van der Waals surface area (Å²) in [6.45, 7) is 8.88. The van der Waals surface area contributed by atoms with Crippen molar-refractivity contribution in [3.8, 4) is 0 Å². The number of hydrogen-bond acceptors (Lipinski definition) is 5. The van der Waals surface area contributed by atoms with Crippen molar-refractivity contribution in [1.82, 2.24) is 5.32 Å². The Kier molecular flexibility index (Phi) is 13.8. The predicted octanol–water partition coefficient (Wildman–Crippen LogP) is 1.32. The fraction of sp³-hybridized carbons (Fsp3) is 0.933. The highest BCUT2D eigenvalue weighted by molar-refractivity contribution is 6.40. The van der Waals surface area contributed by atoms with Crippen LogP contribution in [0.2, 0.25) is 6.32 Å². The molecule has 0 aliphatic heterocycles. The standard InChI is InChI=1S/C12H23NO2.C2H7BO2.CH5N/c1-12(2,3)13-8-9-6-4-5-7-10(9)11(14)15;1-2-3(4)5;1-2/h9-10,13H,4-8H2,1-3H3,(H,14,15);4-5H,2H2,1H3;2H2,1H3/t9-,10-;;/m0../s1. The number of nitrogens with one attached hydrogen (secondary N) is 1. The molecule has 7 heteroatoms. The number of aliphatic carboxylic acids is 1. The SMILES string of the molecule is CC(C)(C)NC[C@@H]1CCCC[C@@H]1C(=O)O.CCB(O)O.CN. The minimum Gasteiger partial charge on any atom is -0.481 e. The average molecular weight is 318 g/mol. The highest BCUT2D eigenvalue weighted by Gasteiger charge is 2.31. The summed E-state index contributed by atoms with van der Waals surface area (Å²) < 4.78 is 0. The van der Waals surface area contributed by atoms with Gasteiger partial charge in [-0.05, 0) is 59.4 Å². The molecule has 132 valence electrons. The van der Waals surface area contributed by atoms with Crippen molar-refractivity contribution < 1.29 is 19.9 Å². The molecule has 1 rings (SSSR count).